The topological polar surface area (TPSA) is 91.5 Å². The van der Waals surface area contributed by atoms with E-state index < -0.39 is 6.10 Å². The second-order valence-electron chi connectivity index (χ2n) is 7.14. The molecule has 0 radical (unpaired) electrons. The molecule has 1 saturated heterocycles. The number of aromatic nitrogens is 2. The second kappa shape index (κ2) is 9.13. The number of nitrogens with one attached hydrogen (secondary N) is 1. The number of aliphatic hydroxyl groups excluding tert-OH is 1. The maximum absolute atomic E-state index is 11.9. The number of carbonyl (C=O) groups is 1. The quantitative estimate of drug-likeness (QED) is 0.743. The Balaban J connectivity index is 1.61. The molecule has 0 spiro atoms. The zero-order valence-electron chi connectivity index (χ0n) is 15.0. The number of rotatable bonds is 8. The van der Waals surface area contributed by atoms with E-state index >= 15 is 0 Å². The maximum atomic E-state index is 11.9. The van der Waals surface area contributed by atoms with E-state index in [-0.39, 0.29) is 24.8 Å². The molecule has 7 nitrogen and oxygen atoms in total. The van der Waals surface area contributed by atoms with Gasteiger partial charge in [-0.2, -0.15) is 4.98 Å². The smallest absolute Gasteiger partial charge is 0.227 e. The molecule has 1 aromatic rings. The van der Waals surface area contributed by atoms with E-state index in [2.05, 4.69) is 27.3 Å². The van der Waals surface area contributed by atoms with Gasteiger partial charge in [-0.25, -0.2) is 0 Å². The molecule has 136 valence electrons. The van der Waals surface area contributed by atoms with Crippen LogP contribution >= 0.6 is 0 Å². The Bertz CT molecular complexity index is 510. The van der Waals surface area contributed by atoms with Gasteiger partial charge in [0.25, 0.3) is 0 Å². The van der Waals surface area contributed by atoms with Gasteiger partial charge in [0.2, 0.25) is 11.8 Å². The first kappa shape index (κ1) is 18.9. The van der Waals surface area contributed by atoms with Crippen molar-refractivity contribution >= 4 is 5.91 Å². The molecule has 1 unspecified atom stereocenters. The molecule has 1 aromatic heterocycles. The van der Waals surface area contributed by atoms with Gasteiger partial charge in [-0.15, -0.1) is 0 Å². The monoisotopic (exact) mass is 338 g/mol. The molecule has 1 atom stereocenters. The van der Waals surface area contributed by atoms with E-state index in [0.717, 1.165) is 19.0 Å². The number of carbonyl (C=O) groups excluding carboxylic acids is 1. The molecule has 1 aliphatic heterocycles. The first-order chi connectivity index (χ1) is 11.4. The summed E-state index contributed by atoms with van der Waals surface area (Å²) in [5, 5.41) is 16.7. The fourth-order valence-corrected chi connectivity index (χ4v) is 2.75. The lowest BCUT2D eigenvalue weighted by Gasteiger charge is -2.31. The Morgan fingerprint density at radius 2 is 2.12 bits per heavy atom. The number of piperidine rings is 1. The fraction of sp³-hybridized carbons (Fsp3) is 0.824. The number of aliphatic hydroxyl groups is 1. The summed E-state index contributed by atoms with van der Waals surface area (Å²) in [5.41, 5.74) is 0. The van der Waals surface area contributed by atoms with E-state index in [9.17, 15) is 9.90 Å². The molecule has 2 heterocycles. The van der Waals surface area contributed by atoms with Crippen molar-refractivity contribution in [2.24, 2.45) is 5.92 Å². The predicted octanol–water partition coefficient (Wildman–Crippen LogP) is 1.33. The predicted molar refractivity (Wildman–Crippen MR) is 90.6 cm³/mol. The van der Waals surface area contributed by atoms with Crippen LogP contribution in [0.1, 0.15) is 57.7 Å². The highest BCUT2D eigenvalue weighted by molar-refractivity contribution is 5.76. The summed E-state index contributed by atoms with van der Waals surface area (Å²) >= 11 is 0. The Morgan fingerprint density at radius 3 is 2.75 bits per heavy atom. The lowest BCUT2D eigenvalue weighted by Crippen LogP contribution is -2.43. The third-order valence-corrected chi connectivity index (χ3v) is 4.45. The third-order valence-electron chi connectivity index (χ3n) is 4.45. The lowest BCUT2D eigenvalue weighted by atomic mass is 9.99. The van der Waals surface area contributed by atoms with E-state index in [4.69, 9.17) is 4.52 Å². The summed E-state index contributed by atoms with van der Waals surface area (Å²) in [6.45, 7) is 9.21. The number of likely N-dealkylation sites (tertiary alicyclic amines) is 1. The largest absolute Gasteiger partial charge is 0.390 e. The second-order valence-corrected chi connectivity index (χ2v) is 7.14. The average Bonchev–Trinajstić information content (AvgIpc) is 3.02. The highest BCUT2D eigenvalue weighted by Crippen LogP contribution is 2.15. The van der Waals surface area contributed by atoms with Crippen molar-refractivity contribution in [1.82, 2.24) is 20.4 Å². The van der Waals surface area contributed by atoms with Gasteiger partial charge >= 0.3 is 0 Å². The van der Waals surface area contributed by atoms with Crippen LogP contribution in [0.5, 0.6) is 0 Å². The van der Waals surface area contributed by atoms with Gasteiger partial charge < -0.3 is 19.8 Å². The van der Waals surface area contributed by atoms with Crippen LogP contribution < -0.4 is 5.32 Å². The van der Waals surface area contributed by atoms with Gasteiger partial charge in [-0.3, -0.25) is 4.79 Å². The van der Waals surface area contributed by atoms with Crippen LogP contribution in [0.25, 0.3) is 0 Å². The van der Waals surface area contributed by atoms with Crippen molar-refractivity contribution in [2.75, 3.05) is 26.2 Å². The minimum atomic E-state index is -0.529. The van der Waals surface area contributed by atoms with Crippen LogP contribution in [-0.2, 0) is 11.2 Å². The van der Waals surface area contributed by atoms with Crippen LogP contribution in [0, 0.1) is 5.92 Å². The Labute approximate surface area is 143 Å². The number of amides is 1. The maximum Gasteiger partial charge on any atom is 0.227 e. The Kier molecular flexibility index (Phi) is 7.17. The molecule has 7 heteroatoms. The fourth-order valence-electron chi connectivity index (χ4n) is 2.75. The molecule has 0 saturated carbocycles. The third kappa shape index (κ3) is 6.20. The van der Waals surface area contributed by atoms with Crippen LogP contribution in [0.3, 0.4) is 0 Å². The van der Waals surface area contributed by atoms with Crippen molar-refractivity contribution < 1.29 is 14.4 Å². The standard InChI is InChI=1S/C17H30N4O3/c1-12(2)17-19-16(24-20-17)5-4-15(23)18-10-14(22)11-21-8-6-13(3)7-9-21/h12-14,22H,4-11H2,1-3H3,(H,18,23). The zero-order valence-corrected chi connectivity index (χ0v) is 15.0. The van der Waals surface area contributed by atoms with E-state index in [1.54, 1.807) is 0 Å². The van der Waals surface area contributed by atoms with E-state index in [1.165, 1.54) is 12.8 Å². The summed E-state index contributed by atoms with van der Waals surface area (Å²) < 4.78 is 5.11. The lowest BCUT2D eigenvalue weighted by molar-refractivity contribution is -0.121. The zero-order chi connectivity index (χ0) is 17.5. The highest BCUT2D eigenvalue weighted by Gasteiger charge is 2.18. The van der Waals surface area contributed by atoms with Gasteiger partial charge in [0, 0.05) is 31.8 Å². The van der Waals surface area contributed by atoms with Crippen molar-refractivity contribution in [1.29, 1.82) is 0 Å². The number of hydrogen-bond acceptors (Lipinski definition) is 6. The minimum absolute atomic E-state index is 0.106. The van der Waals surface area contributed by atoms with Crippen LogP contribution in [0.4, 0.5) is 0 Å². The summed E-state index contributed by atoms with van der Waals surface area (Å²) in [7, 11) is 0. The van der Waals surface area contributed by atoms with Crippen molar-refractivity contribution in [3.63, 3.8) is 0 Å². The molecular formula is C17H30N4O3. The normalized spacial score (nSPS) is 18.0. The van der Waals surface area contributed by atoms with Crippen molar-refractivity contribution in [3.05, 3.63) is 11.7 Å². The van der Waals surface area contributed by atoms with Gasteiger partial charge in [0.15, 0.2) is 5.82 Å². The number of nitrogens with zero attached hydrogens (tertiary/aromatic N) is 3. The summed E-state index contributed by atoms with van der Waals surface area (Å²) in [4.78, 5) is 18.4. The first-order valence-corrected chi connectivity index (χ1v) is 8.93. The van der Waals surface area contributed by atoms with Gasteiger partial charge in [-0.1, -0.05) is 25.9 Å². The molecule has 1 aliphatic rings. The number of aryl methyl sites for hydroxylation is 1. The van der Waals surface area contributed by atoms with E-state index in [1.807, 2.05) is 13.8 Å². The van der Waals surface area contributed by atoms with Gasteiger partial charge in [0.05, 0.1) is 6.10 Å². The van der Waals surface area contributed by atoms with Gasteiger partial charge in [-0.05, 0) is 31.8 Å². The molecule has 0 aromatic carbocycles. The van der Waals surface area contributed by atoms with Crippen LogP contribution in [0.2, 0.25) is 0 Å². The molecule has 0 bridgehead atoms. The number of hydrogen-bond donors (Lipinski definition) is 2. The average molecular weight is 338 g/mol. The molecule has 24 heavy (non-hydrogen) atoms. The summed E-state index contributed by atoms with van der Waals surface area (Å²) in [6.07, 6.45) is 2.54. The van der Waals surface area contributed by atoms with Crippen LogP contribution in [-0.4, -0.2) is 58.3 Å². The first-order valence-electron chi connectivity index (χ1n) is 8.93. The van der Waals surface area contributed by atoms with Gasteiger partial charge in [0.1, 0.15) is 0 Å². The Morgan fingerprint density at radius 1 is 1.42 bits per heavy atom. The summed E-state index contributed by atoms with van der Waals surface area (Å²) in [6, 6.07) is 0. The van der Waals surface area contributed by atoms with Crippen molar-refractivity contribution in [3.8, 4) is 0 Å². The van der Waals surface area contributed by atoms with Crippen molar-refractivity contribution in [2.45, 2.75) is 58.5 Å². The molecule has 2 rings (SSSR count). The van der Waals surface area contributed by atoms with Crippen LogP contribution in [0.15, 0.2) is 4.52 Å². The molecule has 0 aliphatic carbocycles. The molecule has 1 amide bonds. The molecular weight excluding hydrogens is 308 g/mol. The Hall–Kier alpha value is -1.47. The van der Waals surface area contributed by atoms with E-state index in [0.29, 0.717) is 24.7 Å². The number of β-amino-alcohol motifs (C(OH)–C–C–N with tert-alkyl or cyclic N) is 1. The molecule has 1 fully saturated rings. The highest BCUT2D eigenvalue weighted by atomic mass is 16.5. The minimum Gasteiger partial charge on any atom is -0.390 e. The summed E-state index contributed by atoms with van der Waals surface area (Å²) in [5.74, 6) is 2.03. The molecule has 2 N–H and O–H groups in total. The SMILES string of the molecule is CC1CCN(CC(O)CNC(=O)CCc2nc(C(C)C)no2)CC1.